The molecule has 0 fully saturated rings. The number of rotatable bonds is 9. The van der Waals surface area contributed by atoms with Crippen molar-refractivity contribution in [2.24, 2.45) is 0 Å². The van der Waals surface area contributed by atoms with Gasteiger partial charge in [-0.05, 0) is 30.7 Å². The second kappa shape index (κ2) is 9.74. The first-order valence-corrected chi connectivity index (χ1v) is 9.00. The summed E-state index contributed by atoms with van der Waals surface area (Å²) in [5.41, 5.74) is 1.03. The summed E-state index contributed by atoms with van der Waals surface area (Å²) in [4.78, 5) is 35.0. The number of aromatic nitrogens is 1. The maximum absolute atomic E-state index is 12.0. The maximum Gasteiger partial charge on any atom is 0.335 e. The minimum absolute atomic E-state index is 0.0299. The molecule has 0 aliphatic carbocycles. The molecule has 0 radical (unpaired) electrons. The highest BCUT2D eigenvalue weighted by Gasteiger charge is 2.11. The van der Waals surface area contributed by atoms with E-state index in [1.165, 1.54) is 19.2 Å². The zero-order valence-corrected chi connectivity index (χ0v) is 15.6. The van der Waals surface area contributed by atoms with E-state index in [2.05, 4.69) is 15.8 Å². The van der Waals surface area contributed by atoms with Crippen LogP contribution in [-0.4, -0.2) is 46.7 Å². The van der Waals surface area contributed by atoms with E-state index in [0.29, 0.717) is 22.8 Å². The molecular weight excluding hydrogens is 374 g/mol. The summed E-state index contributed by atoms with van der Waals surface area (Å²) in [5, 5.41) is 18.0. The van der Waals surface area contributed by atoms with Gasteiger partial charge in [-0.2, -0.15) is 0 Å². The number of nitrogens with one attached hydrogen (secondary N) is 2. The number of hydrogen-bond acceptors (Lipinski definition) is 7. The largest absolute Gasteiger partial charge is 0.478 e. The molecule has 0 unspecified atom stereocenters. The van der Waals surface area contributed by atoms with Crippen LogP contribution in [0, 0.1) is 6.92 Å². The van der Waals surface area contributed by atoms with Gasteiger partial charge in [0.25, 0.3) is 0 Å². The number of amides is 2. The highest BCUT2D eigenvalue weighted by molar-refractivity contribution is 8.00. The summed E-state index contributed by atoms with van der Waals surface area (Å²) in [6.45, 7) is 1.93. The monoisotopic (exact) mass is 393 g/mol. The number of ether oxygens (including phenoxy) is 1. The van der Waals surface area contributed by atoms with E-state index in [0.717, 1.165) is 11.8 Å². The molecule has 0 atom stereocenters. The van der Waals surface area contributed by atoms with Gasteiger partial charge >= 0.3 is 5.97 Å². The first-order chi connectivity index (χ1) is 12.9. The van der Waals surface area contributed by atoms with Crippen LogP contribution in [0.5, 0.6) is 0 Å². The van der Waals surface area contributed by atoms with Gasteiger partial charge in [0.2, 0.25) is 11.8 Å². The Hall–Kier alpha value is -2.85. The highest BCUT2D eigenvalue weighted by atomic mass is 32.2. The van der Waals surface area contributed by atoms with Crippen molar-refractivity contribution >= 4 is 41.1 Å². The molecular formula is C17H19N3O6S. The molecule has 1 heterocycles. The van der Waals surface area contributed by atoms with Crippen molar-refractivity contribution in [1.82, 2.24) is 5.16 Å². The van der Waals surface area contributed by atoms with Crippen molar-refractivity contribution < 1.29 is 28.8 Å². The minimum atomic E-state index is -1.10. The Labute approximate surface area is 159 Å². The predicted octanol–water partition coefficient (Wildman–Crippen LogP) is 2.14. The number of carboxylic acids is 1. The average molecular weight is 393 g/mol. The van der Waals surface area contributed by atoms with Crippen LogP contribution in [0.15, 0.2) is 28.8 Å². The fraction of sp³-hybridized carbons (Fsp3) is 0.294. The van der Waals surface area contributed by atoms with E-state index >= 15 is 0 Å². The Morgan fingerprint density at radius 1 is 1.15 bits per heavy atom. The molecule has 0 aliphatic heterocycles. The number of benzene rings is 1. The Morgan fingerprint density at radius 2 is 1.85 bits per heavy atom. The fourth-order valence-electron chi connectivity index (χ4n) is 2.18. The van der Waals surface area contributed by atoms with E-state index in [4.69, 9.17) is 14.4 Å². The smallest absolute Gasteiger partial charge is 0.335 e. The molecule has 27 heavy (non-hydrogen) atoms. The van der Waals surface area contributed by atoms with E-state index < -0.39 is 5.97 Å². The second-order valence-corrected chi connectivity index (χ2v) is 6.55. The van der Waals surface area contributed by atoms with Crippen molar-refractivity contribution in [2.45, 2.75) is 13.5 Å². The van der Waals surface area contributed by atoms with Crippen LogP contribution in [0.1, 0.15) is 21.7 Å². The quantitative estimate of drug-likeness (QED) is 0.591. The number of hydrogen-bond donors (Lipinski definition) is 3. The third kappa shape index (κ3) is 6.76. The number of carbonyl (C=O) groups excluding carboxylic acids is 2. The molecule has 0 bridgehead atoms. The predicted molar refractivity (Wildman–Crippen MR) is 99.9 cm³/mol. The van der Waals surface area contributed by atoms with Gasteiger partial charge < -0.3 is 25.0 Å². The van der Waals surface area contributed by atoms with Gasteiger partial charge in [0.15, 0.2) is 5.82 Å². The molecule has 1 aromatic heterocycles. The first-order valence-electron chi connectivity index (χ1n) is 7.84. The third-order valence-corrected chi connectivity index (χ3v) is 4.13. The van der Waals surface area contributed by atoms with Crippen molar-refractivity contribution in [2.75, 3.05) is 29.2 Å². The summed E-state index contributed by atoms with van der Waals surface area (Å²) in [5.74, 6) is -0.775. The van der Waals surface area contributed by atoms with Gasteiger partial charge in [-0.3, -0.25) is 9.59 Å². The van der Waals surface area contributed by atoms with E-state index in [1.807, 2.05) is 0 Å². The normalized spacial score (nSPS) is 10.4. The zero-order chi connectivity index (χ0) is 19.8. The Morgan fingerprint density at radius 3 is 2.44 bits per heavy atom. The molecule has 3 N–H and O–H groups in total. The summed E-state index contributed by atoms with van der Waals surface area (Å²) in [6.07, 6.45) is 0. The molecule has 10 heteroatoms. The van der Waals surface area contributed by atoms with Gasteiger partial charge in [-0.25, -0.2) is 4.79 Å². The SMILES string of the molecule is COCc1cc(NC(=O)CSCC(=O)Nc2cc(C)on2)cc(C(=O)O)c1. The Bertz CT molecular complexity index is 836. The molecule has 2 rings (SSSR count). The highest BCUT2D eigenvalue weighted by Crippen LogP contribution is 2.17. The fourth-order valence-corrected chi connectivity index (χ4v) is 2.79. The number of carboxylic acid groups (broad SMARTS) is 1. The Balaban J connectivity index is 1.84. The molecule has 0 spiro atoms. The van der Waals surface area contributed by atoms with E-state index in [-0.39, 0.29) is 35.5 Å². The van der Waals surface area contributed by atoms with E-state index in [1.54, 1.807) is 19.1 Å². The van der Waals surface area contributed by atoms with Gasteiger partial charge in [0.1, 0.15) is 5.76 Å². The van der Waals surface area contributed by atoms with Crippen LogP contribution in [0.4, 0.5) is 11.5 Å². The second-order valence-electron chi connectivity index (χ2n) is 5.57. The van der Waals surface area contributed by atoms with E-state index in [9.17, 15) is 14.4 Å². The maximum atomic E-state index is 12.0. The summed E-state index contributed by atoms with van der Waals surface area (Å²) >= 11 is 1.12. The first kappa shape index (κ1) is 20.5. The summed E-state index contributed by atoms with van der Waals surface area (Å²) < 4.78 is 9.84. The lowest BCUT2D eigenvalue weighted by Crippen LogP contribution is -2.19. The van der Waals surface area contributed by atoms with Crippen LogP contribution in [0.2, 0.25) is 0 Å². The lowest BCUT2D eigenvalue weighted by molar-refractivity contribution is -0.114. The third-order valence-electron chi connectivity index (χ3n) is 3.20. The van der Waals surface area contributed by atoms with Gasteiger partial charge in [-0.15, -0.1) is 11.8 Å². The van der Waals surface area contributed by atoms with Gasteiger partial charge in [0.05, 0.1) is 23.7 Å². The van der Waals surface area contributed by atoms with Crippen LogP contribution < -0.4 is 10.6 Å². The van der Waals surface area contributed by atoms with Crippen molar-refractivity contribution in [1.29, 1.82) is 0 Å². The number of carbonyl (C=O) groups is 3. The van der Waals surface area contributed by atoms with Crippen molar-refractivity contribution in [3.05, 3.63) is 41.2 Å². The van der Waals surface area contributed by atoms with Gasteiger partial charge in [0, 0.05) is 18.9 Å². The molecule has 0 saturated heterocycles. The topological polar surface area (TPSA) is 131 Å². The molecule has 1 aromatic carbocycles. The summed E-state index contributed by atoms with van der Waals surface area (Å²) in [7, 11) is 1.49. The molecule has 144 valence electrons. The molecule has 0 aliphatic rings. The van der Waals surface area contributed by atoms with Crippen LogP contribution in [0.3, 0.4) is 0 Å². The number of aromatic carboxylic acids is 1. The Kier molecular flexibility index (Phi) is 7.38. The molecule has 2 amide bonds. The molecule has 2 aromatic rings. The molecule has 0 saturated carbocycles. The van der Waals surface area contributed by atoms with Crippen molar-refractivity contribution in [3.63, 3.8) is 0 Å². The number of aryl methyl sites for hydroxylation is 1. The van der Waals surface area contributed by atoms with Crippen LogP contribution >= 0.6 is 11.8 Å². The van der Waals surface area contributed by atoms with Gasteiger partial charge in [-0.1, -0.05) is 5.16 Å². The lowest BCUT2D eigenvalue weighted by atomic mass is 10.1. The lowest BCUT2D eigenvalue weighted by Gasteiger charge is -2.09. The summed E-state index contributed by atoms with van der Waals surface area (Å²) in [6, 6.07) is 6.07. The molecule has 9 nitrogen and oxygen atoms in total. The average Bonchev–Trinajstić information content (AvgIpc) is 2.99. The number of anilines is 2. The van der Waals surface area contributed by atoms with Crippen LogP contribution in [-0.2, 0) is 20.9 Å². The van der Waals surface area contributed by atoms with Crippen molar-refractivity contribution in [3.8, 4) is 0 Å². The van der Waals surface area contributed by atoms with Crippen LogP contribution in [0.25, 0.3) is 0 Å². The number of nitrogens with zero attached hydrogens (tertiary/aromatic N) is 1. The number of thioether (sulfide) groups is 1. The minimum Gasteiger partial charge on any atom is -0.478 e. The number of methoxy groups -OCH3 is 1. The standard InChI is InChI=1S/C17H19N3O6S/c1-10-3-14(20-26-10)19-16(22)9-27-8-15(21)18-13-5-11(7-25-2)4-12(6-13)17(23)24/h3-6H,7-9H2,1-2H3,(H,18,21)(H,23,24)(H,19,20,22). The zero-order valence-electron chi connectivity index (χ0n) is 14.8.